The summed E-state index contributed by atoms with van der Waals surface area (Å²) in [5, 5.41) is 9.53. The third-order valence-corrected chi connectivity index (χ3v) is 7.68. The molecular formula is C22H22F6N2O3S. The summed E-state index contributed by atoms with van der Waals surface area (Å²) in [5.74, 6) is 0. The number of hydrogen-bond donors (Lipinski definition) is 1. The minimum atomic E-state index is -6.04. The van der Waals surface area contributed by atoms with E-state index in [1.807, 2.05) is 25.1 Å². The lowest BCUT2D eigenvalue weighted by molar-refractivity contribution is -0.376. The highest BCUT2D eigenvalue weighted by molar-refractivity contribution is 7.92. The largest absolute Gasteiger partial charge is 0.430 e. The van der Waals surface area contributed by atoms with Crippen molar-refractivity contribution in [1.82, 2.24) is 4.90 Å². The van der Waals surface area contributed by atoms with Crippen LogP contribution in [0.15, 0.2) is 53.4 Å². The molecule has 0 aliphatic heterocycles. The molecule has 0 saturated heterocycles. The normalized spacial score (nSPS) is 17.1. The van der Waals surface area contributed by atoms with E-state index < -0.39 is 33.5 Å². The van der Waals surface area contributed by atoms with E-state index in [0.717, 1.165) is 29.0 Å². The van der Waals surface area contributed by atoms with Crippen molar-refractivity contribution < 1.29 is 39.9 Å². The van der Waals surface area contributed by atoms with E-state index in [1.165, 1.54) is 6.07 Å². The maximum Gasteiger partial charge on any atom is 0.430 e. The summed E-state index contributed by atoms with van der Waals surface area (Å²) >= 11 is 0. The highest BCUT2D eigenvalue weighted by atomic mass is 32.2. The number of sulfonamides is 1. The molecule has 12 heteroatoms. The highest BCUT2D eigenvalue weighted by Gasteiger charge is 2.71. The van der Waals surface area contributed by atoms with Gasteiger partial charge < -0.3 is 10.0 Å². The molecular weight excluding hydrogens is 486 g/mol. The standard InChI is InChI=1S/C22H22F6N2O3S/c1-29(2)18-8-4-7-17-16(18)6-5-9-19(17)34(32,33)30(3)15-12-10-14(11-13-15)20(31,21(23,24)25)22(26,27)28/h4-7,9-13,18,31H,8H2,1-3H3. The van der Waals surface area contributed by atoms with Crippen LogP contribution in [0.2, 0.25) is 0 Å². The maximum atomic E-state index is 13.4. The highest BCUT2D eigenvalue weighted by Crippen LogP contribution is 2.50. The Labute approximate surface area is 193 Å². The molecule has 0 bridgehead atoms. The van der Waals surface area contributed by atoms with Crippen LogP contribution in [0.1, 0.15) is 29.2 Å². The predicted octanol–water partition coefficient (Wildman–Crippen LogP) is 4.84. The number of rotatable bonds is 5. The van der Waals surface area contributed by atoms with E-state index >= 15 is 0 Å². The Morgan fingerprint density at radius 3 is 1.97 bits per heavy atom. The fraction of sp³-hybridized carbons (Fsp3) is 0.364. The Kier molecular flexibility index (Phi) is 6.57. The number of halogens is 6. The molecule has 0 aromatic heterocycles. The number of nitrogens with zero attached hydrogens (tertiary/aromatic N) is 2. The third kappa shape index (κ3) is 4.18. The van der Waals surface area contributed by atoms with Gasteiger partial charge in [0.05, 0.1) is 10.6 Å². The zero-order chi connectivity index (χ0) is 25.7. The van der Waals surface area contributed by atoms with Gasteiger partial charge in [-0.25, -0.2) is 8.42 Å². The van der Waals surface area contributed by atoms with Crippen LogP contribution in [0.3, 0.4) is 0 Å². The lowest BCUT2D eigenvalue weighted by Gasteiger charge is -2.33. The first-order valence-corrected chi connectivity index (χ1v) is 11.4. The molecule has 0 heterocycles. The van der Waals surface area contributed by atoms with Gasteiger partial charge in [0.25, 0.3) is 15.6 Å². The number of benzene rings is 2. The van der Waals surface area contributed by atoms with Gasteiger partial charge in [-0.2, -0.15) is 26.3 Å². The van der Waals surface area contributed by atoms with E-state index in [-0.39, 0.29) is 16.6 Å². The molecule has 0 saturated carbocycles. The van der Waals surface area contributed by atoms with E-state index in [9.17, 15) is 39.9 Å². The zero-order valence-electron chi connectivity index (χ0n) is 18.3. The molecule has 0 radical (unpaired) electrons. The summed E-state index contributed by atoms with van der Waals surface area (Å²) in [4.78, 5) is 1.88. The number of anilines is 1. The molecule has 1 aliphatic carbocycles. The Balaban J connectivity index is 2.03. The number of alkyl halides is 6. The molecule has 186 valence electrons. The smallest absolute Gasteiger partial charge is 0.369 e. The molecule has 3 rings (SSSR count). The fourth-order valence-electron chi connectivity index (χ4n) is 3.87. The SMILES string of the molecule is CN(C)C1CC=Cc2c1cccc2S(=O)(=O)N(C)c1ccc(C(O)(C(F)(F)F)C(F)(F)F)cc1. The summed E-state index contributed by atoms with van der Waals surface area (Å²) in [6.07, 6.45) is -7.91. The maximum absolute atomic E-state index is 13.4. The quantitative estimate of drug-likeness (QED) is 0.587. The van der Waals surface area contributed by atoms with Crippen LogP contribution < -0.4 is 4.31 Å². The van der Waals surface area contributed by atoms with Crippen LogP contribution in [0.25, 0.3) is 6.08 Å². The minimum absolute atomic E-state index is 0.0542. The second kappa shape index (κ2) is 8.58. The lowest BCUT2D eigenvalue weighted by atomic mass is 9.92. The molecule has 0 amide bonds. The van der Waals surface area contributed by atoms with Gasteiger partial charge in [-0.3, -0.25) is 4.31 Å². The van der Waals surface area contributed by atoms with Crippen molar-refractivity contribution >= 4 is 21.8 Å². The van der Waals surface area contributed by atoms with Gasteiger partial charge in [-0.1, -0.05) is 36.4 Å². The number of hydrogen-bond acceptors (Lipinski definition) is 4. The van der Waals surface area contributed by atoms with Crippen LogP contribution >= 0.6 is 0 Å². The van der Waals surface area contributed by atoms with Crippen LogP contribution in [0.4, 0.5) is 32.0 Å². The van der Waals surface area contributed by atoms with Gasteiger partial charge in [0.2, 0.25) is 0 Å². The van der Waals surface area contributed by atoms with Crippen molar-refractivity contribution in [1.29, 1.82) is 0 Å². The number of fused-ring (bicyclic) bond motifs is 1. The summed E-state index contributed by atoms with van der Waals surface area (Å²) < 4.78 is 106. The van der Waals surface area contributed by atoms with Crippen molar-refractivity contribution in [2.75, 3.05) is 25.4 Å². The Morgan fingerprint density at radius 1 is 0.912 bits per heavy atom. The second-order valence-corrected chi connectivity index (χ2v) is 10.0. The average molecular weight is 508 g/mol. The molecule has 1 N–H and O–H groups in total. The third-order valence-electron chi connectivity index (χ3n) is 5.83. The molecule has 0 fully saturated rings. The van der Waals surface area contributed by atoms with E-state index in [4.69, 9.17) is 0 Å². The first-order chi connectivity index (χ1) is 15.5. The van der Waals surface area contributed by atoms with E-state index in [2.05, 4.69) is 0 Å². The molecule has 1 aliphatic rings. The predicted molar refractivity (Wildman–Crippen MR) is 115 cm³/mol. The minimum Gasteiger partial charge on any atom is -0.369 e. The Hall–Kier alpha value is -2.57. The van der Waals surface area contributed by atoms with E-state index in [1.54, 1.807) is 18.2 Å². The summed E-state index contributed by atoms with van der Waals surface area (Å²) in [6, 6.07) is 7.06. The zero-order valence-corrected chi connectivity index (χ0v) is 19.1. The van der Waals surface area contributed by atoms with Crippen molar-refractivity contribution in [3.63, 3.8) is 0 Å². The van der Waals surface area contributed by atoms with Gasteiger partial charge in [0, 0.05) is 18.7 Å². The molecule has 0 spiro atoms. The Bertz CT molecular complexity index is 1170. The summed E-state index contributed by atoms with van der Waals surface area (Å²) in [5.41, 5.74) is -5.52. The van der Waals surface area contributed by atoms with Crippen molar-refractivity contribution in [2.45, 2.75) is 35.3 Å². The monoisotopic (exact) mass is 508 g/mol. The summed E-state index contributed by atoms with van der Waals surface area (Å²) in [6.45, 7) is 0. The topological polar surface area (TPSA) is 60.9 Å². The first-order valence-electron chi connectivity index (χ1n) is 9.94. The molecule has 1 unspecified atom stereocenters. The number of aliphatic hydroxyl groups is 1. The second-order valence-electron chi connectivity index (χ2n) is 8.10. The van der Waals surface area contributed by atoms with Gasteiger partial charge in [-0.15, -0.1) is 0 Å². The van der Waals surface area contributed by atoms with E-state index in [0.29, 0.717) is 24.1 Å². The van der Waals surface area contributed by atoms with Gasteiger partial charge in [0.1, 0.15) is 0 Å². The Morgan fingerprint density at radius 2 is 1.47 bits per heavy atom. The molecule has 1 atom stereocenters. The van der Waals surface area contributed by atoms with Crippen LogP contribution in [-0.4, -0.2) is 51.9 Å². The molecule has 2 aromatic carbocycles. The van der Waals surface area contributed by atoms with Crippen molar-refractivity contribution in [2.24, 2.45) is 0 Å². The first kappa shape index (κ1) is 26.0. The van der Waals surface area contributed by atoms with Crippen LogP contribution in [0.5, 0.6) is 0 Å². The van der Waals surface area contributed by atoms with Crippen molar-refractivity contribution in [3.05, 3.63) is 65.2 Å². The van der Waals surface area contributed by atoms with Gasteiger partial charge in [0.15, 0.2) is 0 Å². The average Bonchev–Trinajstić information content (AvgIpc) is 2.75. The molecule has 5 nitrogen and oxygen atoms in total. The molecule has 34 heavy (non-hydrogen) atoms. The fourth-order valence-corrected chi connectivity index (χ4v) is 5.28. The van der Waals surface area contributed by atoms with Gasteiger partial charge >= 0.3 is 12.4 Å². The van der Waals surface area contributed by atoms with Crippen LogP contribution in [-0.2, 0) is 15.6 Å². The molecule has 2 aromatic rings. The van der Waals surface area contributed by atoms with Crippen LogP contribution in [0, 0.1) is 0 Å². The van der Waals surface area contributed by atoms with Crippen molar-refractivity contribution in [3.8, 4) is 0 Å². The lowest BCUT2D eigenvalue weighted by Crippen LogP contribution is -2.53. The summed E-state index contributed by atoms with van der Waals surface area (Å²) in [7, 11) is 0.613. The van der Waals surface area contributed by atoms with Gasteiger partial charge in [-0.05, 0) is 49.8 Å².